The first-order valence-electron chi connectivity index (χ1n) is 6.46. The molecule has 0 aliphatic carbocycles. The summed E-state index contributed by atoms with van der Waals surface area (Å²) in [6.07, 6.45) is 0. The maximum absolute atomic E-state index is 3.38. The van der Waals surface area contributed by atoms with E-state index >= 15 is 0 Å². The first-order chi connectivity index (χ1) is 8.93. The maximum atomic E-state index is 3.38. The van der Waals surface area contributed by atoms with Gasteiger partial charge in [0.05, 0.1) is 0 Å². The molecule has 2 aromatic rings. The molecule has 1 N–H and O–H groups in total. The van der Waals surface area contributed by atoms with Crippen molar-refractivity contribution in [2.24, 2.45) is 0 Å². The fourth-order valence-electron chi connectivity index (χ4n) is 2.37. The standard InChI is InChI=1S/C16H17N2/c1-2-4-14(5-3-1)15-6-8-16(9-7-15)18-12-10-17-11-13-18/h2-9,17H,10-13H2. The lowest BCUT2D eigenvalue weighted by Gasteiger charge is -2.29. The number of anilines is 1. The monoisotopic (exact) mass is 237 g/mol. The first kappa shape index (κ1) is 11.3. The van der Waals surface area contributed by atoms with Crippen molar-refractivity contribution in [2.45, 2.75) is 0 Å². The van der Waals surface area contributed by atoms with Crippen molar-refractivity contribution in [3.63, 3.8) is 0 Å². The molecule has 0 unspecified atom stereocenters. The Morgan fingerprint density at radius 1 is 0.833 bits per heavy atom. The van der Waals surface area contributed by atoms with Crippen LogP contribution in [0.4, 0.5) is 5.69 Å². The topological polar surface area (TPSA) is 15.3 Å². The van der Waals surface area contributed by atoms with Crippen LogP contribution in [-0.4, -0.2) is 26.2 Å². The van der Waals surface area contributed by atoms with Crippen LogP contribution in [0.2, 0.25) is 0 Å². The van der Waals surface area contributed by atoms with Gasteiger partial charge in [0.1, 0.15) is 0 Å². The van der Waals surface area contributed by atoms with Crippen molar-refractivity contribution < 1.29 is 0 Å². The second kappa shape index (κ2) is 5.23. The summed E-state index contributed by atoms with van der Waals surface area (Å²) in [5, 5.41) is 3.38. The average molecular weight is 237 g/mol. The molecule has 2 nitrogen and oxygen atoms in total. The molecular weight excluding hydrogens is 220 g/mol. The number of rotatable bonds is 2. The van der Waals surface area contributed by atoms with E-state index in [0.717, 1.165) is 26.2 Å². The van der Waals surface area contributed by atoms with Gasteiger partial charge in [-0.1, -0.05) is 36.4 Å². The Labute approximate surface area is 108 Å². The van der Waals surface area contributed by atoms with Crippen LogP contribution in [0, 0.1) is 6.07 Å². The van der Waals surface area contributed by atoms with E-state index in [4.69, 9.17) is 0 Å². The van der Waals surface area contributed by atoms with Gasteiger partial charge in [-0.05, 0) is 29.3 Å². The molecule has 1 saturated heterocycles. The van der Waals surface area contributed by atoms with Gasteiger partial charge in [0, 0.05) is 31.9 Å². The Kier molecular flexibility index (Phi) is 3.29. The summed E-state index contributed by atoms with van der Waals surface area (Å²) in [7, 11) is 0. The highest BCUT2D eigenvalue weighted by Crippen LogP contribution is 2.23. The van der Waals surface area contributed by atoms with Crippen LogP contribution in [-0.2, 0) is 0 Å². The SMILES string of the molecule is [c]1ccc(-c2ccc(N3CCNCC3)cc2)cc1. The van der Waals surface area contributed by atoms with Crippen molar-refractivity contribution >= 4 is 5.69 Å². The van der Waals surface area contributed by atoms with Crippen molar-refractivity contribution in [3.05, 3.63) is 54.6 Å². The predicted octanol–water partition coefficient (Wildman–Crippen LogP) is 2.56. The molecule has 2 aromatic carbocycles. The highest BCUT2D eigenvalue weighted by molar-refractivity contribution is 5.66. The Morgan fingerprint density at radius 2 is 1.44 bits per heavy atom. The Bertz CT molecular complexity index is 484. The summed E-state index contributed by atoms with van der Waals surface area (Å²) in [5.41, 5.74) is 3.84. The number of hydrogen-bond acceptors (Lipinski definition) is 2. The van der Waals surface area contributed by atoms with E-state index in [9.17, 15) is 0 Å². The Hall–Kier alpha value is -1.80. The molecule has 3 rings (SSSR count). The summed E-state index contributed by atoms with van der Waals surface area (Å²) in [4.78, 5) is 2.43. The van der Waals surface area contributed by atoms with E-state index < -0.39 is 0 Å². The molecule has 2 heteroatoms. The zero-order valence-corrected chi connectivity index (χ0v) is 10.4. The van der Waals surface area contributed by atoms with Gasteiger partial charge in [-0.25, -0.2) is 0 Å². The lowest BCUT2D eigenvalue weighted by Crippen LogP contribution is -2.43. The van der Waals surface area contributed by atoms with Crippen LogP contribution in [0.15, 0.2) is 48.5 Å². The van der Waals surface area contributed by atoms with Crippen LogP contribution in [0.3, 0.4) is 0 Å². The van der Waals surface area contributed by atoms with Gasteiger partial charge in [-0.3, -0.25) is 0 Å². The third kappa shape index (κ3) is 2.39. The Morgan fingerprint density at radius 3 is 2.11 bits per heavy atom. The smallest absolute Gasteiger partial charge is 0.0367 e. The fourth-order valence-corrected chi connectivity index (χ4v) is 2.37. The molecule has 18 heavy (non-hydrogen) atoms. The van der Waals surface area contributed by atoms with E-state index in [1.807, 2.05) is 12.1 Å². The lowest BCUT2D eigenvalue weighted by molar-refractivity contribution is 0.589. The van der Waals surface area contributed by atoms with E-state index in [-0.39, 0.29) is 0 Å². The third-order valence-corrected chi connectivity index (χ3v) is 3.40. The zero-order valence-electron chi connectivity index (χ0n) is 10.4. The molecule has 1 fully saturated rings. The van der Waals surface area contributed by atoms with E-state index in [1.165, 1.54) is 16.8 Å². The highest BCUT2D eigenvalue weighted by Gasteiger charge is 2.09. The minimum Gasteiger partial charge on any atom is -0.369 e. The molecule has 0 aromatic heterocycles. The van der Waals surface area contributed by atoms with Gasteiger partial charge in [0.15, 0.2) is 0 Å². The van der Waals surface area contributed by atoms with Gasteiger partial charge in [0.2, 0.25) is 0 Å². The van der Waals surface area contributed by atoms with Crippen LogP contribution in [0.25, 0.3) is 11.1 Å². The molecule has 91 valence electrons. The third-order valence-electron chi connectivity index (χ3n) is 3.40. The second-order valence-corrected chi connectivity index (χ2v) is 4.57. The molecular formula is C16H17N2. The molecule has 0 spiro atoms. The van der Waals surface area contributed by atoms with Crippen LogP contribution >= 0.6 is 0 Å². The summed E-state index contributed by atoms with van der Waals surface area (Å²) in [6, 6.07) is 20.0. The summed E-state index contributed by atoms with van der Waals surface area (Å²) >= 11 is 0. The van der Waals surface area contributed by atoms with Gasteiger partial charge >= 0.3 is 0 Å². The largest absolute Gasteiger partial charge is 0.369 e. The van der Waals surface area contributed by atoms with Gasteiger partial charge in [0.25, 0.3) is 0 Å². The van der Waals surface area contributed by atoms with Crippen molar-refractivity contribution in [2.75, 3.05) is 31.1 Å². The second-order valence-electron chi connectivity index (χ2n) is 4.57. The summed E-state index contributed by atoms with van der Waals surface area (Å²) in [5.74, 6) is 0. The molecule has 1 aliphatic heterocycles. The van der Waals surface area contributed by atoms with Crippen LogP contribution in [0.1, 0.15) is 0 Å². The van der Waals surface area contributed by atoms with Crippen molar-refractivity contribution in [1.82, 2.24) is 5.32 Å². The quantitative estimate of drug-likeness (QED) is 0.863. The number of piperazine rings is 1. The number of benzene rings is 2. The minimum absolute atomic E-state index is 1.08. The van der Waals surface area contributed by atoms with Crippen molar-refractivity contribution in [1.29, 1.82) is 0 Å². The Balaban J connectivity index is 1.80. The zero-order chi connectivity index (χ0) is 12.2. The van der Waals surface area contributed by atoms with Gasteiger partial charge < -0.3 is 10.2 Å². The summed E-state index contributed by atoms with van der Waals surface area (Å²) < 4.78 is 0. The maximum Gasteiger partial charge on any atom is 0.0367 e. The van der Waals surface area contributed by atoms with Crippen LogP contribution < -0.4 is 10.2 Å². The normalized spacial score (nSPS) is 15.7. The van der Waals surface area contributed by atoms with E-state index in [0.29, 0.717) is 0 Å². The number of hydrogen-bond donors (Lipinski definition) is 1. The number of nitrogens with zero attached hydrogens (tertiary/aromatic N) is 1. The molecule has 1 radical (unpaired) electrons. The molecule has 0 atom stereocenters. The summed E-state index contributed by atoms with van der Waals surface area (Å²) in [6.45, 7) is 4.35. The van der Waals surface area contributed by atoms with Crippen LogP contribution in [0.5, 0.6) is 0 Å². The van der Waals surface area contributed by atoms with Gasteiger partial charge in [-0.2, -0.15) is 0 Å². The fraction of sp³-hybridized carbons (Fsp3) is 0.250. The molecule has 0 bridgehead atoms. The van der Waals surface area contributed by atoms with E-state index in [1.54, 1.807) is 0 Å². The molecule has 1 aliphatic rings. The minimum atomic E-state index is 1.08. The van der Waals surface area contributed by atoms with Crippen molar-refractivity contribution in [3.8, 4) is 11.1 Å². The lowest BCUT2D eigenvalue weighted by atomic mass is 10.1. The number of nitrogens with one attached hydrogen (secondary N) is 1. The molecule has 0 amide bonds. The molecule has 1 heterocycles. The van der Waals surface area contributed by atoms with Gasteiger partial charge in [-0.15, -0.1) is 0 Å². The predicted molar refractivity (Wildman–Crippen MR) is 75.8 cm³/mol. The first-order valence-corrected chi connectivity index (χ1v) is 6.46. The van der Waals surface area contributed by atoms with E-state index in [2.05, 4.69) is 52.7 Å². The molecule has 0 saturated carbocycles. The average Bonchev–Trinajstić information content (AvgIpc) is 2.49. The highest BCUT2D eigenvalue weighted by atomic mass is 15.2.